The normalized spacial score (nSPS) is 12.0. The third kappa shape index (κ3) is 4.56. The van der Waals surface area contributed by atoms with E-state index < -0.39 is 4.92 Å². The van der Waals surface area contributed by atoms with Gasteiger partial charge in [0.2, 0.25) is 5.91 Å². The van der Waals surface area contributed by atoms with Crippen molar-refractivity contribution in [3.8, 4) is 0 Å². The minimum atomic E-state index is -0.430. The Kier molecular flexibility index (Phi) is 5.79. The summed E-state index contributed by atoms with van der Waals surface area (Å²) in [5, 5.41) is 12.4. The van der Waals surface area contributed by atoms with Gasteiger partial charge in [0.25, 0.3) is 5.69 Å². The molecule has 1 aromatic carbocycles. The van der Waals surface area contributed by atoms with Crippen LogP contribution in [0.2, 0.25) is 0 Å². The first-order chi connectivity index (χ1) is 10.9. The molecule has 122 valence electrons. The third-order valence-electron chi connectivity index (χ3n) is 3.43. The molecule has 0 aliphatic heterocycles. The van der Waals surface area contributed by atoms with Crippen molar-refractivity contribution in [1.82, 2.24) is 4.90 Å². The molecule has 0 N–H and O–H groups in total. The zero-order valence-electron chi connectivity index (χ0n) is 13.2. The second kappa shape index (κ2) is 7.61. The van der Waals surface area contributed by atoms with E-state index in [0.717, 1.165) is 4.90 Å². The van der Waals surface area contributed by atoms with Gasteiger partial charge >= 0.3 is 0 Å². The van der Waals surface area contributed by atoms with Crippen LogP contribution in [0.15, 0.2) is 40.6 Å². The SMILES string of the molecule is Cc1ccsc1CN(C)C(=O)C(C)Sc1ccc([N+](=O)[O-])cc1. The summed E-state index contributed by atoms with van der Waals surface area (Å²) in [4.78, 5) is 26.4. The van der Waals surface area contributed by atoms with E-state index in [9.17, 15) is 14.9 Å². The molecule has 0 radical (unpaired) electrons. The van der Waals surface area contributed by atoms with Crippen molar-refractivity contribution in [3.05, 3.63) is 56.3 Å². The van der Waals surface area contributed by atoms with Crippen LogP contribution >= 0.6 is 23.1 Å². The van der Waals surface area contributed by atoms with Gasteiger partial charge < -0.3 is 4.90 Å². The molecule has 5 nitrogen and oxygen atoms in total. The Hall–Kier alpha value is -1.86. The van der Waals surface area contributed by atoms with Gasteiger partial charge in [-0.1, -0.05) is 0 Å². The number of aryl methyl sites for hydroxylation is 1. The Labute approximate surface area is 143 Å². The Morgan fingerprint density at radius 2 is 2.00 bits per heavy atom. The molecule has 2 rings (SSSR count). The summed E-state index contributed by atoms with van der Waals surface area (Å²) >= 11 is 3.06. The Balaban J connectivity index is 1.96. The molecule has 1 heterocycles. The van der Waals surface area contributed by atoms with Crippen molar-refractivity contribution in [2.24, 2.45) is 0 Å². The fraction of sp³-hybridized carbons (Fsp3) is 0.312. The number of thioether (sulfide) groups is 1. The maximum absolute atomic E-state index is 12.5. The van der Waals surface area contributed by atoms with Crippen LogP contribution in [0.3, 0.4) is 0 Å². The zero-order chi connectivity index (χ0) is 17.0. The monoisotopic (exact) mass is 350 g/mol. The number of hydrogen-bond donors (Lipinski definition) is 0. The van der Waals surface area contributed by atoms with E-state index in [0.29, 0.717) is 6.54 Å². The fourth-order valence-corrected chi connectivity index (χ4v) is 4.01. The van der Waals surface area contributed by atoms with Crippen molar-refractivity contribution in [2.45, 2.75) is 30.5 Å². The van der Waals surface area contributed by atoms with Crippen LogP contribution in [0.1, 0.15) is 17.4 Å². The molecular formula is C16H18N2O3S2. The Morgan fingerprint density at radius 1 is 1.35 bits per heavy atom. The number of thiophene rings is 1. The summed E-state index contributed by atoms with van der Waals surface area (Å²) in [6.07, 6.45) is 0. The third-order valence-corrected chi connectivity index (χ3v) is 5.54. The lowest BCUT2D eigenvalue weighted by Crippen LogP contribution is -2.32. The number of nitrogens with zero attached hydrogens (tertiary/aromatic N) is 2. The first-order valence-electron chi connectivity index (χ1n) is 7.07. The van der Waals surface area contributed by atoms with Crippen LogP contribution in [-0.2, 0) is 11.3 Å². The maximum Gasteiger partial charge on any atom is 0.269 e. The van der Waals surface area contributed by atoms with Gasteiger partial charge in [0.05, 0.1) is 16.7 Å². The number of amides is 1. The maximum atomic E-state index is 12.5. The highest BCUT2D eigenvalue weighted by Crippen LogP contribution is 2.27. The highest BCUT2D eigenvalue weighted by atomic mass is 32.2. The summed E-state index contributed by atoms with van der Waals surface area (Å²) in [5.41, 5.74) is 1.25. The van der Waals surface area contributed by atoms with Crippen LogP contribution in [-0.4, -0.2) is 28.0 Å². The Morgan fingerprint density at radius 3 is 2.52 bits per heavy atom. The number of carbonyl (C=O) groups excluding carboxylic acids is 1. The number of nitro benzene ring substituents is 1. The van der Waals surface area contributed by atoms with E-state index >= 15 is 0 Å². The van der Waals surface area contributed by atoms with Crippen molar-refractivity contribution >= 4 is 34.7 Å². The second-order valence-corrected chi connectivity index (χ2v) is 7.65. The van der Waals surface area contributed by atoms with Gasteiger partial charge in [0, 0.05) is 29.0 Å². The smallest absolute Gasteiger partial charge is 0.269 e. The van der Waals surface area contributed by atoms with Gasteiger partial charge in [-0.05, 0) is 43.0 Å². The molecule has 0 aliphatic carbocycles. The molecule has 1 atom stereocenters. The van der Waals surface area contributed by atoms with Gasteiger partial charge in [0.1, 0.15) is 0 Å². The van der Waals surface area contributed by atoms with Crippen LogP contribution in [0.5, 0.6) is 0 Å². The zero-order valence-corrected chi connectivity index (χ0v) is 14.8. The van der Waals surface area contributed by atoms with Crippen LogP contribution < -0.4 is 0 Å². The summed E-state index contributed by atoms with van der Waals surface area (Å²) in [5.74, 6) is 0.0427. The fourth-order valence-electron chi connectivity index (χ4n) is 2.07. The molecule has 1 amide bonds. The van der Waals surface area contributed by atoms with Gasteiger partial charge in [-0.25, -0.2) is 0 Å². The van der Waals surface area contributed by atoms with E-state index in [1.807, 2.05) is 25.3 Å². The lowest BCUT2D eigenvalue weighted by Gasteiger charge is -2.21. The standard InChI is InChI=1S/C16H18N2O3S2/c1-11-8-9-22-15(11)10-17(3)16(19)12(2)23-14-6-4-13(5-7-14)18(20)21/h4-9,12H,10H2,1-3H3. The molecule has 0 saturated heterocycles. The van der Waals surface area contributed by atoms with Crippen LogP contribution in [0, 0.1) is 17.0 Å². The summed E-state index contributed by atoms with van der Waals surface area (Å²) in [7, 11) is 1.80. The minimum Gasteiger partial charge on any atom is -0.340 e. The summed E-state index contributed by atoms with van der Waals surface area (Å²) in [6.45, 7) is 4.50. The van der Waals surface area contributed by atoms with Crippen molar-refractivity contribution < 1.29 is 9.72 Å². The summed E-state index contributed by atoms with van der Waals surface area (Å²) < 4.78 is 0. The van der Waals surface area contributed by atoms with Gasteiger partial charge in [0.15, 0.2) is 0 Å². The highest BCUT2D eigenvalue weighted by molar-refractivity contribution is 8.00. The number of hydrogen-bond acceptors (Lipinski definition) is 5. The van der Waals surface area contributed by atoms with E-state index in [2.05, 4.69) is 0 Å². The molecule has 0 spiro atoms. The first-order valence-corrected chi connectivity index (χ1v) is 8.83. The number of non-ortho nitro benzene ring substituents is 1. The largest absolute Gasteiger partial charge is 0.340 e. The van der Waals surface area contributed by atoms with Crippen molar-refractivity contribution in [2.75, 3.05) is 7.05 Å². The quantitative estimate of drug-likeness (QED) is 0.447. The molecular weight excluding hydrogens is 332 g/mol. The lowest BCUT2D eigenvalue weighted by molar-refractivity contribution is -0.384. The molecule has 0 bridgehead atoms. The summed E-state index contributed by atoms with van der Waals surface area (Å²) in [6, 6.07) is 8.32. The lowest BCUT2D eigenvalue weighted by atomic mass is 10.3. The molecule has 0 saturated carbocycles. The van der Waals surface area contributed by atoms with Crippen molar-refractivity contribution in [3.63, 3.8) is 0 Å². The first kappa shape index (κ1) is 17.5. The van der Waals surface area contributed by atoms with E-state index in [-0.39, 0.29) is 16.8 Å². The molecule has 1 aromatic heterocycles. The van der Waals surface area contributed by atoms with Gasteiger partial charge in [-0.3, -0.25) is 14.9 Å². The van der Waals surface area contributed by atoms with E-state index in [1.165, 1.54) is 34.3 Å². The molecule has 0 fully saturated rings. The van der Waals surface area contributed by atoms with Gasteiger partial charge in [-0.2, -0.15) is 0 Å². The molecule has 7 heteroatoms. The predicted octanol–water partition coefficient (Wildman–Crippen LogP) is 4.10. The van der Waals surface area contributed by atoms with Crippen LogP contribution in [0.25, 0.3) is 0 Å². The van der Waals surface area contributed by atoms with E-state index in [1.54, 1.807) is 35.4 Å². The van der Waals surface area contributed by atoms with Gasteiger partial charge in [-0.15, -0.1) is 23.1 Å². The van der Waals surface area contributed by atoms with Crippen LogP contribution in [0.4, 0.5) is 5.69 Å². The average Bonchev–Trinajstić information content (AvgIpc) is 2.92. The number of rotatable bonds is 6. The van der Waals surface area contributed by atoms with Crippen molar-refractivity contribution in [1.29, 1.82) is 0 Å². The molecule has 0 aliphatic rings. The topological polar surface area (TPSA) is 63.5 Å². The molecule has 23 heavy (non-hydrogen) atoms. The second-order valence-electron chi connectivity index (χ2n) is 5.23. The average molecular weight is 350 g/mol. The Bertz CT molecular complexity index is 698. The number of carbonyl (C=O) groups is 1. The predicted molar refractivity (Wildman–Crippen MR) is 93.9 cm³/mol. The highest BCUT2D eigenvalue weighted by Gasteiger charge is 2.20. The minimum absolute atomic E-state index is 0.0427. The molecule has 1 unspecified atom stereocenters. The number of nitro groups is 1. The molecule has 2 aromatic rings. The van der Waals surface area contributed by atoms with E-state index in [4.69, 9.17) is 0 Å². The number of benzene rings is 1.